The highest BCUT2D eigenvalue weighted by molar-refractivity contribution is 5.96. The van der Waals surface area contributed by atoms with Gasteiger partial charge in [-0.15, -0.1) is 0 Å². The van der Waals surface area contributed by atoms with Crippen LogP contribution < -0.4 is 0 Å². The van der Waals surface area contributed by atoms with E-state index in [-0.39, 0.29) is 37.6 Å². The second kappa shape index (κ2) is 12.3. The summed E-state index contributed by atoms with van der Waals surface area (Å²) >= 11 is 0. The predicted molar refractivity (Wildman–Crippen MR) is 130 cm³/mol. The van der Waals surface area contributed by atoms with E-state index in [0.29, 0.717) is 11.1 Å². The van der Waals surface area contributed by atoms with E-state index in [9.17, 15) is 24.3 Å². The van der Waals surface area contributed by atoms with Crippen LogP contribution in [0.15, 0.2) is 66.9 Å². The standard InChI is InChI=1S/C27H26N2O7/c1-18-3-7-20(8-4-18)26(33)35-15-13-29(24(30)23-17-22(25(31)32)11-12-28-23)14-16-36-27(34)21-9-5-19(2)6-10-21/h3-12,17H,13-16H2,1-2H3,(H,31,32). The number of amides is 1. The highest BCUT2D eigenvalue weighted by Gasteiger charge is 2.20. The van der Waals surface area contributed by atoms with E-state index in [1.165, 1.54) is 17.2 Å². The number of hydrogen-bond donors (Lipinski definition) is 1. The molecule has 9 heteroatoms. The van der Waals surface area contributed by atoms with Crippen molar-refractivity contribution in [2.24, 2.45) is 0 Å². The lowest BCUT2D eigenvalue weighted by Gasteiger charge is -2.22. The minimum Gasteiger partial charge on any atom is -0.478 e. The molecule has 1 N–H and O–H groups in total. The van der Waals surface area contributed by atoms with Crippen LogP contribution in [0.2, 0.25) is 0 Å². The number of aromatic carboxylic acids is 1. The van der Waals surface area contributed by atoms with Gasteiger partial charge in [0.05, 0.1) is 29.8 Å². The highest BCUT2D eigenvalue weighted by Crippen LogP contribution is 2.09. The van der Waals surface area contributed by atoms with E-state index in [2.05, 4.69) is 4.98 Å². The smallest absolute Gasteiger partial charge is 0.338 e. The number of aryl methyl sites for hydroxylation is 2. The molecule has 3 rings (SSSR count). The Balaban J connectivity index is 1.65. The van der Waals surface area contributed by atoms with Gasteiger partial charge in [-0.25, -0.2) is 14.4 Å². The number of nitrogens with zero attached hydrogens (tertiary/aromatic N) is 2. The third-order valence-corrected chi connectivity index (χ3v) is 5.28. The molecule has 1 aromatic heterocycles. The van der Waals surface area contributed by atoms with Crippen LogP contribution in [0.1, 0.15) is 52.7 Å². The minimum atomic E-state index is -1.20. The molecule has 0 bridgehead atoms. The number of aromatic nitrogens is 1. The molecule has 0 atom stereocenters. The molecule has 0 aliphatic heterocycles. The Labute approximate surface area is 208 Å². The zero-order chi connectivity index (χ0) is 26.1. The van der Waals surface area contributed by atoms with Crippen molar-refractivity contribution in [3.8, 4) is 0 Å². The van der Waals surface area contributed by atoms with Crippen molar-refractivity contribution in [3.63, 3.8) is 0 Å². The summed E-state index contributed by atoms with van der Waals surface area (Å²) in [6.07, 6.45) is 1.23. The number of carboxylic acid groups (broad SMARTS) is 1. The fourth-order valence-electron chi connectivity index (χ4n) is 3.20. The third-order valence-electron chi connectivity index (χ3n) is 5.28. The molecule has 0 spiro atoms. The van der Waals surface area contributed by atoms with E-state index >= 15 is 0 Å². The Bertz CT molecular complexity index is 1170. The lowest BCUT2D eigenvalue weighted by Crippen LogP contribution is -2.38. The summed E-state index contributed by atoms with van der Waals surface area (Å²) in [5.41, 5.74) is 2.57. The molecule has 36 heavy (non-hydrogen) atoms. The van der Waals surface area contributed by atoms with Crippen LogP contribution in [0.5, 0.6) is 0 Å². The molecule has 0 radical (unpaired) electrons. The van der Waals surface area contributed by atoms with E-state index in [0.717, 1.165) is 17.2 Å². The van der Waals surface area contributed by atoms with Gasteiger partial charge in [0.2, 0.25) is 0 Å². The third kappa shape index (κ3) is 7.23. The number of carboxylic acids is 1. The molecular weight excluding hydrogens is 464 g/mol. The van der Waals surface area contributed by atoms with E-state index < -0.39 is 23.8 Å². The largest absolute Gasteiger partial charge is 0.478 e. The molecule has 0 saturated heterocycles. The Kier molecular flexibility index (Phi) is 8.88. The molecular formula is C27H26N2O7. The van der Waals surface area contributed by atoms with Crippen LogP contribution in [0, 0.1) is 13.8 Å². The Hall–Kier alpha value is -4.53. The Morgan fingerprint density at radius 1 is 0.750 bits per heavy atom. The highest BCUT2D eigenvalue weighted by atomic mass is 16.5. The fourth-order valence-corrected chi connectivity index (χ4v) is 3.20. The second-order valence-electron chi connectivity index (χ2n) is 8.03. The van der Waals surface area contributed by atoms with Crippen molar-refractivity contribution in [2.75, 3.05) is 26.3 Å². The van der Waals surface area contributed by atoms with Crippen molar-refractivity contribution in [3.05, 3.63) is 100 Å². The monoisotopic (exact) mass is 490 g/mol. The summed E-state index contributed by atoms with van der Waals surface area (Å²) in [4.78, 5) is 54.2. The molecule has 2 aromatic carbocycles. The molecule has 0 fully saturated rings. The number of pyridine rings is 1. The first-order valence-electron chi connectivity index (χ1n) is 11.2. The fraction of sp³-hybridized carbons (Fsp3) is 0.222. The van der Waals surface area contributed by atoms with Gasteiger partial charge >= 0.3 is 17.9 Å². The zero-order valence-electron chi connectivity index (χ0n) is 20.0. The number of esters is 2. The second-order valence-corrected chi connectivity index (χ2v) is 8.03. The van der Waals surface area contributed by atoms with Gasteiger partial charge in [0, 0.05) is 6.20 Å². The van der Waals surface area contributed by atoms with Crippen molar-refractivity contribution in [1.82, 2.24) is 9.88 Å². The lowest BCUT2D eigenvalue weighted by atomic mass is 10.1. The van der Waals surface area contributed by atoms with Gasteiger partial charge in [-0.1, -0.05) is 35.4 Å². The van der Waals surface area contributed by atoms with Gasteiger partial charge in [0.1, 0.15) is 18.9 Å². The van der Waals surface area contributed by atoms with Crippen LogP contribution in [0.4, 0.5) is 0 Å². The zero-order valence-corrected chi connectivity index (χ0v) is 20.0. The number of carbonyl (C=O) groups excluding carboxylic acids is 3. The topological polar surface area (TPSA) is 123 Å². The minimum absolute atomic E-state index is 0.0164. The number of ether oxygens (including phenoxy) is 2. The number of hydrogen-bond acceptors (Lipinski definition) is 7. The summed E-state index contributed by atoms with van der Waals surface area (Å²) in [7, 11) is 0. The van der Waals surface area contributed by atoms with Gasteiger partial charge in [0.15, 0.2) is 0 Å². The molecule has 9 nitrogen and oxygen atoms in total. The predicted octanol–water partition coefficient (Wildman–Crippen LogP) is 3.55. The van der Waals surface area contributed by atoms with Gasteiger partial charge in [-0.3, -0.25) is 9.78 Å². The van der Waals surface area contributed by atoms with Crippen molar-refractivity contribution in [1.29, 1.82) is 0 Å². The number of benzene rings is 2. The van der Waals surface area contributed by atoms with Gasteiger partial charge in [0.25, 0.3) is 5.91 Å². The molecule has 0 aliphatic rings. The first kappa shape index (κ1) is 26.1. The Morgan fingerprint density at radius 2 is 1.22 bits per heavy atom. The van der Waals surface area contributed by atoms with Gasteiger partial charge in [-0.2, -0.15) is 0 Å². The molecule has 0 aliphatic carbocycles. The van der Waals surface area contributed by atoms with Crippen molar-refractivity contribution >= 4 is 23.8 Å². The maximum atomic E-state index is 13.1. The quantitative estimate of drug-likeness (QED) is 0.428. The molecule has 0 saturated carbocycles. The molecule has 1 heterocycles. The SMILES string of the molecule is Cc1ccc(C(=O)OCCN(CCOC(=O)c2ccc(C)cc2)C(=O)c2cc(C(=O)O)ccn2)cc1. The van der Waals surface area contributed by atoms with Crippen LogP contribution in [-0.2, 0) is 9.47 Å². The first-order valence-corrected chi connectivity index (χ1v) is 11.2. The van der Waals surface area contributed by atoms with Crippen molar-refractivity contribution < 1.29 is 33.8 Å². The normalized spacial score (nSPS) is 10.4. The molecule has 3 aromatic rings. The van der Waals surface area contributed by atoms with Crippen LogP contribution in [0.3, 0.4) is 0 Å². The average molecular weight is 491 g/mol. The first-order chi connectivity index (χ1) is 17.2. The Morgan fingerprint density at radius 3 is 1.67 bits per heavy atom. The maximum Gasteiger partial charge on any atom is 0.338 e. The number of carbonyl (C=O) groups is 4. The molecule has 0 unspecified atom stereocenters. The average Bonchev–Trinajstić information content (AvgIpc) is 2.88. The van der Waals surface area contributed by atoms with Gasteiger partial charge in [-0.05, 0) is 50.2 Å². The van der Waals surface area contributed by atoms with Crippen LogP contribution >= 0.6 is 0 Å². The summed E-state index contributed by atoms with van der Waals surface area (Å²) in [5, 5.41) is 9.22. The lowest BCUT2D eigenvalue weighted by molar-refractivity contribution is 0.0360. The van der Waals surface area contributed by atoms with E-state index in [1.54, 1.807) is 48.5 Å². The van der Waals surface area contributed by atoms with Crippen LogP contribution in [-0.4, -0.2) is 65.1 Å². The summed E-state index contributed by atoms with van der Waals surface area (Å²) in [6, 6.07) is 16.2. The molecule has 1 amide bonds. The number of rotatable bonds is 10. The summed E-state index contributed by atoms with van der Waals surface area (Å²) in [6.45, 7) is 3.52. The maximum absolute atomic E-state index is 13.1. The van der Waals surface area contributed by atoms with E-state index in [1.807, 2.05) is 13.8 Å². The van der Waals surface area contributed by atoms with E-state index in [4.69, 9.17) is 9.47 Å². The summed E-state index contributed by atoms with van der Waals surface area (Å²) in [5.74, 6) is -2.87. The summed E-state index contributed by atoms with van der Waals surface area (Å²) < 4.78 is 10.6. The van der Waals surface area contributed by atoms with Gasteiger partial charge < -0.3 is 19.5 Å². The van der Waals surface area contributed by atoms with Crippen LogP contribution in [0.25, 0.3) is 0 Å². The molecule has 186 valence electrons. The van der Waals surface area contributed by atoms with Crippen molar-refractivity contribution in [2.45, 2.75) is 13.8 Å².